The number of benzene rings is 3. The summed E-state index contributed by atoms with van der Waals surface area (Å²) in [5.41, 5.74) is 1.69. The van der Waals surface area contributed by atoms with E-state index in [1.165, 1.54) is 46.5 Å². The minimum absolute atomic E-state index is 0.0760. The van der Waals surface area contributed by atoms with Gasteiger partial charge in [-0.25, -0.2) is 9.67 Å². The molecule has 0 saturated carbocycles. The number of hydrogen-bond donors (Lipinski definition) is 2. The van der Waals surface area contributed by atoms with Gasteiger partial charge < -0.3 is 14.6 Å². The molecule has 0 aliphatic carbocycles. The van der Waals surface area contributed by atoms with E-state index >= 15 is 0 Å². The lowest BCUT2D eigenvalue weighted by Gasteiger charge is -2.02. The second-order valence-corrected chi connectivity index (χ2v) is 8.05. The molecule has 5 aromatic rings. The van der Waals surface area contributed by atoms with Crippen molar-refractivity contribution < 1.29 is 19.6 Å². The number of nitrogens with zero attached hydrogens (tertiary/aromatic N) is 4. The molecule has 34 heavy (non-hydrogen) atoms. The second-order valence-electron chi connectivity index (χ2n) is 7.21. The van der Waals surface area contributed by atoms with Crippen LogP contribution in [0.5, 0.6) is 11.5 Å². The van der Waals surface area contributed by atoms with E-state index in [-0.39, 0.29) is 22.9 Å². The molecule has 3 aromatic carbocycles. The summed E-state index contributed by atoms with van der Waals surface area (Å²) < 4.78 is 7.48. The molecular formula is C24H16N4O5S. The molecule has 0 aliphatic heterocycles. The van der Waals surface area contributed by atoms with Gasteiger partial charge in [0, 0.05) is 28.5 Å². The van der Waals surface area contributed by atoms with Gasteiger partial charge in [-0.3, -0.25) is 10.1 Å². The van der Waals surface area contributed by atoms with E-state index in [0.717, 1.165) is 5.39 Å². The number of thiazole rings is 1. The monoisotopic (exact) mass is 472 g/mol. The van der Waals surface area contributed by atoms with Crippen LogP contribution in [-0.4, -0.2) is 26.0 Å². The van der Waals surface area contributed by atoms with Crippen molar-refractivity contribution in [3.05, 3.63) is 98.7 Å². The summed E-state index contributed by atoms with van der Waals surface area (Å²) in [5.74, 6) is 0.309. The molecule has 2 N–H and O–H groups in total. The van der Waals surface area contributed by atoms with Crippen LogP contribution in [0.4, 0.5) is 11.4 Å². The molecule has 0 atom stereocenters. The average Bonchev–Trinajstić information content (AvgIpc) is 3.42. The summed E-state index contributed by atoms with van der Waals surface area (Å²) in [6.45, 7) is 0. The maximum atomic E-state index is 11.4. The summed E-state index contributed by atoms with van der Waals surface area (Å²) >= 11 is 1.24. The maximum Gasteiger partial charge on any atom is 0.294 e. The standard InChI is InChI=1S/C24H16N4O5S/c29-17-10-9-16(21(30)12-17)13-25-27-20(23-11-15-5-1-4-8-22(15)33-23)14-34-24(27)26-18-6-2-3-7-19(18)28(31)32/h1-14,29-30H. The van der Waals surface area contributed by atoms with E-state index in [9.17, 15) is 20.3 Å². The number of aromatic nitrogens is 1. The lowest BCUT2D eigenvalue weighted by Crippen LogP contribution is -2.11. The van der Waals surface area contributed by atoms with Gasteiger partial charge in [0.25, 0.3) is 5.69 Å². The minimum atomic E-state index is -0.491. The third kappa shape index (κ3) is 4.05. The fraction of sp³-hybridized carbons (Fsp3) is 0. The Labute approximate surface area is 196 Å². The Kier molecular flexibility index (Phi) is 5.40. The molecule has 5 rings (SSSR count). The SMILES string of the molecule is O=[N+]([O-])c1ccccc1N=c1scc(-c2cc3ccccc3o2)n1N=Cc1ccc(O)cc1O. The fourth-order valence-electron chi connectivity index (χ4n) is 3.34. The molecule has 0 aliphatic rings. The Morgan fingerprint density at radius 2 is 1.82 bits per heavy atom. The number of aromatic hydroxyl groups is 2. The molecule has 0 unspecified atom stereocenters. The minimum Gasteiger partial charge on any atom is -0.508 e. The zero-order valence-corrected chi connectivity index (χ0v) is 18.2. The highest BCUT2D eigenvalue weighted by Crippen LogP contribution is 2.30. The summed E-state index contributed by atoms with van der Waals surface area (Å²) in [4.78, 5) is 15.8. The van der Waals surface area contributed by atoms with E-state index in [2.05, 4.69) is 10.1 Å². The molecule has 0 spiro atoms. The van der Waals surface area contributed by atoms with Gasteiger partial charge in [0.15, 0.2) is 5.76 Å². The highest BCUT2D eigenvalue weighted by Gasteiger charge is 2.16. The quantitative estimate of drug-likeness (QED) is 0.201. The lowest BCUT2D eigenvalue weighted by molar-refractivity contribution is -0.384. The van der Waals surface area contributed by atoms with Gasteiger partial charge in [-0.15, -0.1) is 11.3 Å². The van der Waals surface area contributed by atoms with Crippen molar-refractivity contribution in [3.63, 3.8) is 0 Å². The average molecular weight is 472 g/mol. The van der Waals surface area contributed by atoms with Crippen molar-refractivity contribution in [3.8, 4) is 23.0 Å². The molecular weight excluding hydrogens is 456 g/mol. The largest absolute Gasteiger partial charge is 0.508 e. The summed E-state index contributed by atoms with van der Waals surface area (Å²) in [7, 11) is 0. The Hall–Kier alpha value is -4.70. The van der Waals surface area contributed by atoms with Gasteiger partial charge in [0.05, 0.1) is 11.1 Å². The third-order valence-corrected chi connectivity index (χ3v) is 5.80. The number of nitro benzene ring substituents is 1. The third-order valence-electron chi connectivity index (χ3n) is 4.98. The zero-order chi connectivity index (χ0) is 23.7. The van der Waals surface area contributed by atoms with Crippen molar-refractivity contribution >= 4 is 39.9 Å². The van der Waals surface area contributed by atoms with Crippen LogP contribution >= 0.6 is 11.3 Å². The van der Waals surface area contributed by atoms with Crippen molar-refractivity contribution in [2.45, 2.75) is 0 Å². The molecule has 10 heteroatoms. The Morgan fingerprint density at radius 1 is 1.03 bits per heavy atom. The number of hydrogen-bond acceptors (Lipinski definition) is 8. The van der Waals surface area contributed by atoms with Crippen LogP contribution in [0.2, 0.25) is 0 Å². The lowest BCUT2D eigenvalue weighted by atomic mass is 10.2. The molecule has 168 valence electrons. The van der Waals surface area contributed by atoms with Crippen molar-refractivity contribution in [1.29, 1.82) is 0 Å². The van der Waals surface area contributed by atoms with Gasteiger partial charge in [-0.1, -0.05) is 30.3 Å². The number of para-hydroxylation sites is 3. The van der Waals surface area contributed by atoms with Crippen LogP contribution in [-0.2, 0) is 0 Å². The second kappa shape index (κ2) is 8.68. The van der Waals surface area contributed by atoms with Gasteiger partial charge in [-0.2, -0.15) is 5.10 Å². The maximum absolute atomic E-state index is 11.4. The molecule has 2 aromatic heterocycles. The Morgan fingerprint density at radius 3 is 2.62 bits per heavy atom. The molecule has 2 heterocycles. The van der Waals surface area contributed by atoms with Crippen LogP contribution in [0.3, 0.4) is 0 Å². The van der Waals surface area contributed by atoms with Crippen LogP contribution in [0.15, 0.2) is 92.7 Å². The smallest absolute Gasteiger partial charge is 0.294 e. The number of phenolic OH excluding ortho intramolecular Hbond substituents is 2. The predicted octanol–water partition coefficient (Wildman–Crippen LogP) is 5.40. The highest BCUT2D eigenvalue weighted by atomic mass is 32.1. The molecule has 0 amide bonds. The van der Waals surface area contributed by atoms with E-state index in [0.29, 0.717) is 27.4 Å². The molecule has 9 nitrogen and oxygen atoms in total. The predicted molar refractivity (Wildman–Crippen MR) is 129 cm³/mol. The number of phenols is 2. The summed E-state index contributed by atoms with van der Waals surface area (Å²) in [6.07, 6.45) is 1.41. The Bertz CT molecular complexity index is 1600. The van der Waals surface area contributed by atoms with Crippen molar-refractivity contribution in [1.82, 2.24) is 4.68 Å². The molecule has 0 saturated heterocycles. The van der Waals surface area contributed by atoms with Gasteiger partial charge in [0.2, 0.25) is 4.80 Å². The highest BCUT2D eigenvalue weighted by molar-refractivity contribution is 7.07. The van der Waals surface area contributed by atoms with Crippen molar-refractivity contribution in [2.75, 3.05) is 0 Å². The number of rotatable bonds is 5. The first-order chi connectivity index (χ1) is 16.5. The van der Waals surface area contributed by atoms with E-state index in [1.54, 1.807) is 23.6 Å². The van der Waals surface area contributed by atoms with Crippen LogP contribution in [0, 0.1) is 10.1 Å². The zero-order valence-electron chi connectivity index (χ0n) is 17.4. The molecule has 0 radical (unpaired) electrons. The van der Waals surface area contributed by atoms with Crippen LogP contribution < -0.4 is 4.80 Å². The number of nitro groups is 1. The Balaban J connectivity index is 1.69. The number of fused-ring (bicyclic) bond motifs is 1. The van der Waals surface area contributed by atoms with Crippen molar-refractivity contribution in [2.24, 2.45) is 10.1 Å². The van der Waals surface area contributed by atoms with E-state index in [4.69, 9.17) is 4.42 Å². The first kappa shape index (κ1) is 21.2. The van der Waals surface area contributed by atoms with Gasteiger partial charge in [-0.05, 0) is 30.3 Å². The first-order valence-corrected chi connectivity index (χ1v) is 10.9. The van der Waals surface area contributed by atoms with E-state index < -0.39 is 4.92 Å². The normalized spacial score (nSPS) is 12.1. The first-order valence-electron chi connectivity index (χ1n) is 10.0. The fourth-order valence-corrected chi connectivity index (χ4v) is 4.17. The summed E-state index contributed by atoms with van der Waals surface area (Å²) in [5, 5.41) is 38.3. The molecule has 0 bridgehead atoms. The van der Waals surface area contributed by atoms with E-state index in [1.807, 2.05) is 30.3 Å². The van der Waals surface area contributed by atoms with Crippen LogP contribution in [0.1, 0.15) is 5.56 Å². The van der Waals surface area contributed by atoms with Gasteiger partial charge >= 0.3 is 0 Å². The number of furan rings is 1. The summed E-state index contributed by atoms with van der Waals surface area (Å²) in [6, 6.07) is 19.8. The molecule has 0 fully saturated rings. The van der Waals surface area contributed by atoms with Crippen LogP contribution in [0.25, 0.3) is 22.4 Å². The topological polar surface area (TPSA) is 126 Å². The van der Waals surface area contributed by atoms with Gasteiger partial charge in [0.1, 0.15) is 28.5 Å².